The first-order chi connectivity index (χ1) is 18.3. The van der Waals surface area contributed by atoms with Crippen molar-refractivity contribution in [2.24, 2.45) is 0 Å². The molecule has 1 saturated carbocycles. The van der Waals surface area contributed by atoms with Crippen molar-refractivity contribution in [2.75, 3.05) is 25.2 Å². The Bertz CT molecular complexity index is 1320. The van der Waals surface area contributed by atoms with Crippen LogP contribution in [0, 0.1) is 10.8 Å². The number of nitrogens with zero attached hydrogens (tertiary/aromatic N) is 2. The van der Waals surface area contributed by atoms with Crippen molar-refractivity contribution in [3.63, 3.8) is 0 Å². The third-order valence-corrected chi connectivity index (χ3v) is 8.15. The van der Waals surface area contributed by atoms with Crippen molar-refractivity contribution < 1.29 is 27.1 Å². The molecule has 1 saturated heterocycles. The molecule has 0 aromatic heterocycles. The molecule has 3 aliphatic rings. The number of hydrogen-bond acceptors (Lipinski definition) is 5. The third-order valence-electron chi connectivity index (χ3n) is 8.15. The predicted octanol–water partition coefficient (Wildman–Crippen LogP) is 5.24. The van der Waals surface area contributed by atoms with Gasteiger partial charge in [0.25, 0.3) is 5.91 Å². The summed E-state index contributed by atoms with van der Waals surface area (Å²) in [5.41, 5.74) is -1.82. The Labute approximate surface area is 224 Å². The average molecular weight is 546 g/mol. The molecule has 39 heavy (non-hydrogen) atoms. The van der Waals surface area contributed by atoms with Gasteiger partial charge in [0.2, 0.25) is 0 Å². The van der Waals surface area contributed by atoms with Crippen LogP contribution < -0.4 is 10.2 Å². The van der Waals surface area contributed by atoms with Crippen LogP contribution in [0.4, 0.5) is 23.2 Å². The molecule has 2 aromatic carbocycles. The van der Waals surface area contributed by atoms with Gasteiger partial charge in [-0.25, -0.2) is 4.39 Å². The van der Waals surface area contributed by atoms with Crippen LogP contribution in [0.3, 0.4) is 0 Å². The van der Waals surface area contributed by atoms with Crippen molar-refractivity contribution in [2.45, 2.75) is 62.6 Å². The molecule has 11 heteroatoms. The van der Waals surface area contributed by atoms with Gasteiger partial charge in [0, 0.05) is 30.4 Å². The Morgan fingerprint density at radius 2 is 1.97 bits per heavy atom. The number of amides is 1. The summed E-state index contributed by atoms with van der Waals surface area (Å²) >= 11 is 0. The van der Waals surface area contributed by atoms with Crippen LogP contribution >= 0.6 is 0 Å². The van der Waals surface area contributed by atoms with Crippen LogP contribution in [-0.4, -0.2) is 54.5 Å². The zero-order chi connectivity index (χ0) is 28.2. The van der Waals surface area contributed by atoms with E-state index in [1.807, 2.05) is 6.92 Å². The maximum Gasteiger partial charge on any atom is 0.416 e. The van der Waals surface area contributed by atoms with Crippen molar-refractivity contribution in [1.29, 1.82) is 10.8 Å². The number of rotatable bonds is 8. The molecule has 2 aliphatic heterocycles. The molecule has 1 aliphatic carbocycles. The number of amidine groups is 1. The molecule has 1 atom stereocenters. The summed E-state index contributed by atoms with van der Waals surface area (Å²) in [7, 11) is 1.46. The summed E-state index contributed by atoms with van der Waals surface area (Å²) in [5.74, 6) is -1.82. The van der Waals surface area contributed by atoms with Crippen LogP contribution in [0.1, 0.15) is 64.7 Å². The molecule has 3 N–H and O–H groups in total. The van der Waals surface area contributed by atoms with Gasteiger partial charge in [-0.1, -0.05) is 12.1 Å². The van der Waals surface area contributed by atoms with E-state index in [0.29, 0.717) is 16.8 Å². The minimum atomic E-state index is -4.64. The van der Waals surface area contributed by atoms with E-state index in [0.717, 1.165) is 31.7 Å². The highest BCUT2D eigenvalue weighted by Crippen LogP contribution is 2.43. The molecule has 0 bridgehead atoms. The summed E-state index contributed by atoms with van der Waals surface area (Å²) in [6.45, 7) is 1.54. The zero-order valence-electron chi connectivity index (χ0n) is 21.8. The molecule has 208 valence electrons. The number of ether oxygens (including phenoxy) is 1. The Morgan fingerprint density at radius 1 is 1.26 bits per heavy atom. The number of likely N-dealkylation sites (N-methyl/N-ethyl adjacent to an activating group) is 1. The number of halogens is 4. The molecule has 5 rings (SSSR count). The highest BCUT2D eigenvalue weighted by atomic mass is 19.4. The molecule has 0 spiro atoms. The number of nitrogens with one attached hydrogen (secondary N) is 3. The number of anilines is 1. The third kappa shape index (κ3) is 4.93. The lowest BCUT2D eigenvalue weighted by Gasteiger charge is -2.42. The van der Waals surface area contributed by atoms with E-state index in [9.17, 15) is 18.0 Å². The molecule has 7 nitrogen and oxygen atoms in total. The maximum atomic E-state index is 15.6. The summed E-state index contributed by atoms with van der Waals surface area (Å²) in [5, 5.41) is 19.3. The number of fused-ring (bicyclic) bond motifs is 1. The zero-order valence-corrected chi connectivity index (χ0v) is 21.8. The number of benzene rings is 2. The van der Waals surface area contributed by atoms with Gasteiger partial charge < -0.3 is 19.9 Å². The summed E-state index contributed by atoms with van der Waals surface area (Å²) in [6.07, 6.45) is -0.760. The Hall–Kier alpha value is -3.31. The second-order valence-electron chi connectivity index (χ2n) is 11.0. The van der Waals surface area contributed by atoms with Gasteiger partial charge in [-0.3, -0.25) is 15.6 Å². The van der Waals surface area contributed by atoms with E-state index in [1.54, 1.807) is 18.2 Å². The van der Waals surface area contributed by atoms with E-state index < -0.39 is 29.2 Å². The minimum Gasteiger partial charge on any atom is -0.375 e. The molecule has 1 amide bonds. The van der Waals surface area contributed by atoms with Gasteiger partial charge in [-0.05, 0) is 67.1 Å². The van der Waals surface area contributed by atoms with Crippen molar-refractivity contribution in [3.8, 4) is 0 Å². The Morgan fingerprint density at radius 3 is 2.54 bits per heavy atom. The van der Waals surface area contributed by atoms with Crippen LogP contribution in [0.25, 0.3) is 0 Å². The lowest BCUT2D eigenvalue weighted by Crippen LogP contribution is -2.54. The van der Waals surface area contributed by atoms with Crippen LogP contribution in [-0.2, 0) is 24.0 Å². The summed E-state index contributed by atoms with van der Waals surface area (Å²) in [4.78, 5) is 15.9. The molecule has 0 unspecified atom stereocenters. The van der Waals surface area contributed by atoms with Gasteiger partial charge in [0.1, 0.15) is 5.84 Å². The van der Waals surface area contributed by atoms with Crippen LogP contribution in [0.5, 0.6) is 0 Å². The topological polar surface area (TPSA) is 92.5 Å². The smallest absolute Gasteiger partial charge is 0.375 e. The molecular formula is C28H31F4N5O2. The lowest BCUT2D eigenvalue weighted by molar-refractivity contribution is -0.138. The second kappa shape index (κ2) is 9.71. The van der Waals surface area contributed by atoms with E-state index in [2.05, 4.69) is 5.32 Å². The van der Waals surface area contributed by atoms with Crippen molar-refractivity contribution >= 4 is 23.8 Å². The number of carbonyl (C=O) groups excluding carboxylic acids is 1. The average Bonchev–Trinajstić information content (AvgIpc) is 3.20. The van der Waals surface area contributed by atoms with E-state index in [-0.39, 0.29) is 48.8 Å². The summed E-state index contributed by atoms with van der Waals surface area (Å²) < 4.78 is 63.1. The SMILES string of the molecule is CN(C=N)C(=N)[C@@H](c1cccc(N2Cc3c(cc(CNC4(C)CCC4)cc3C(F)(F)F)C2=O)c1)C1(F)COC1. The number of carbonyl (C=O) groups is 1. The molecule has 0 radical (unpaired) electrons. The van der Waals surface area contributed by atoms with Crippen molar-refractivity contribution in [1.82, 2.24) is 10.2 Å². The first-order valence-electron chi connectivity index (χ1n) is 12.8. The summed E-state index contributed by atoms with van der Waals surface area (Å²) in [6, 6.07) is 8.98. The highest BCUT2D eigenvalue weighted by Gasteiger charge is 2.50. The van der Waals surface area contributed by atoms with E-state index in [1.165, 1.54) is 29.0 Å². The lowest BCUT2D eigenvalue weighted by atomic mass is 9.78. The first-order valence-corrected chi connectivity index (χ1v) is 12.8. The van der Waals surface area contributed by atoms with E-state index in [4.69, 9.17) is 15.6 Å². The monoisotopic (exact) mass is 545 g/mol. The Kier molecular flexibility index (Phi) is 6.79. The van der Waals surface area contributed by atoms with Gasteiger partial charge in [-0.2, -0.15) is 13.2 Å². The largest absolute Gasteiger partial charge is 0.416 e. The van der Waals surface area contributed by atoms with Crippen LogP contribution in [0.15, 0.2) is 36.4 Å². The van der Waals surface area contributed by atoms with Crippen LogP contribution in [0.2, 0.25) is 0 Å². The molecule has 2 aromatic rings. The maximum absolute atomic E-state index is 15.6. The molecule has 2 fully saturated rings. The number of hydrogen-bond donors (Lipinski definition) is 3. The highest BCUT2D eigenvalue weighted by molar-refractivity contribution is 6.10. The van der Waals surface area contributed by atoms with Gasteiger partial charge in [-0.15, -0.1) is 0 Å². The Balaban J connectivity index is 1.48. The first kappa shape index (κ1) is 27.3. The molecule has 2 heterocycles. The number of alkyl halides is 4. The predicted molar refractivity (Wildman–Crippen MR) is 139 cm³/mol. The van der Waals surface area contributed by atoms with Gasteiger partial charge in [0.15, 0.2) is 5.67 Å². The minimum absolute atomic E-state index is 0.00739. The van der Waals surface area contributed by atoms with Gasteiger partial charge >= 0.3 is 6.18 Å². The molecular weight excluding hydrogens is 514 g/mol. The normalized spacial score (nSPS) is 20.1. The van der Waals surface area contributed by atoms with Gasteiger partial charge in [0.05, 0.1) is 37.6 Å². The quantitative estimate of drug-likeness (QED) is 0.241. The fraction of sp³-hybridized carbons (Fsp3) is 0.464. The second-order valence-corrected chi connectivity index (χ2v) is 11.0. The van der Waals surface area contributed by atoms with Crippen molar-refractivity contribution in [3.05, 3.63) is 64.2 Å². The fourth-order valence-electron chi connectivity index (χ4n) is 5.54. The van der Waals surface area contributed by atoms with E-state index >= 15 is 4.39 Å². The fourth-order valence-corrected chi connectivity index (χ4v) is 5.54. The standard InChI is InChI=1S/C28H31F4N5O2/c1-26(7-4-8-26)35-12-17-9-20-21(22(10-17)28(30,31)32)13-37(25(20)38)19-6-3-5-18(11-19)23(24(34)36(2)16-33)27(29)14-39-15-27/h3,5-6,9-11,16,23,33-35H,4,7-8,12-15H2,1-2H3/t23-/m1/s1.